The van der Waals surface area contributed by atoms with Crippen LogP contribution >= 0.6 is 11.6 Å². The Bertz CT molecular complexity index is 966. The monoisotopic (exact) mass is 366 g/mol. The van der Waals surface area contributed by atoms with Gasteiger partial charge in [-0.15, -0.1) is 0 Å². The van der Waals surface area contributed by atoms with Gasteiger partial charge in [0.05, 0.1) is 11.0 Å². The second-order valence-electron chi connectivity index (χ2n) is 5.43. The van der Waals surface area contributed by atoms with Crippen molar-refractivity contribution in [2.75, 3.05) is 6.79 Å². The van der Waals surface area contributed by atoms with E-state index in [-0.39, 0.29) is 40.0 Å². The van der Waals surface area contributed by atoms with Crippen LogP contribution in [0, 0.1) is 15.9 Å². The maximum atomic E-state index is 13.7. The average molecular weight is 367 g/mol. The lowest BCUT2D eigenvalue weighted by molar-refractivity contribution is -0.386. The molecule has 2 aromatic rings. The van der Waals surface area contributed by atoms with Crippen molar-refractivity contribution in [2.24, 2.45) is 0 Å². The Hall–Kier alpha value is -2.91. The molecule has 0 fully saturated rings. The number of benzene rings is 2. The first-order chi connectivity index (χ1) is 11.8. The molecule has 0 spiro atoms. The molecule has 1 unspecified atom stereocenters. The zero-order chi connectivity index (χ0) is 17.9. The van der Waals surface area contributed by atoms with E-state index in [4.69, 9.17) is 21.1 Å². The molecule has 0 aliphatic carbocycles. The molecule has 10 heteroatoms. The number of hydrogen-bond acceptors (Lipinski definition) is 6. The van der Waals surface area contributed by atoms with Gasteiger partial charge < -0.3 is 19.9 Å². The lowest BCUT2D eigenvalue weighted by Crippen LogP contribution is -2.40. The average Bonchev–Trinajstić information content (AvgIpc) is 3.12. The Morgan fingerprint density at radius 1 is 1.36 bits per heavy atom. The number of nitro benzene ring substituents is 1. The number of nitro groups is 1. The third kappa shape index (κ3) is 2.06. The molecule has 0 aromatic heterocycles. The summed E-state index contributed by atoms with van der Waals surface area (Å²) in [4.78, 5) is 23.1. The summed E-state index contributed by atoms with van der Waals surface area (Å²) in [5.74, 6) is -1.58. The number of amides is 1. The van der Waals surface area contributed by atoms with Crippen LogP contribution in [-0.2, 0) is 5.72 Å². The first-order valence-corrected chi connectivity index (χ1v) is 7.32. The molecular weight excluding hydrogens is 359 g/mol. The summed E-state index contributed by atoms with van der Waals surface area (Å²) in [6, 6.07) is 4.17. The first-order valence-electron chi connectivity index (χ1n) is 6.95. The number of carbonyl (C=O) groups is 1. The van der Waals surface area contributed by atoms with Crippen molar-refractivity contribution >= 4 is 23.2 Å². The molecule has 8 nitrogen and oxygen atoms in total. The number of hydrogen-bond donors (Lipinski definition) is 2. The Balaban J connectivity index is 2.08. The molecule has 2 aliphatic rings. The van der Waals surface area contributed by atoms with E-state index < -0.39 is 28.1 Å². The van der Waals surface area contributed by atoms with Crippen LogP contribution in [-0.4, -0.2) is 22.7 Å². The van der Waals surface area contributed by atoms with Gasteiger partial charge >= 0.3 is 0 Å². The summed E-state index contributed by atoms with van der Waals surface area (Å²) in [5, 5.41) is 24.7. The van der Waals surface area contributed by atoms with Crippen molar-refractivity contribution in [3.63, 3.8) is 0 Å². The number of halogens is 2. The maximum absolute atomic E-state index is 13.7. The SMILES string of the molecule is O=C1NC(O)(c2cc(F)ccc2Cl)c2c([N+](=O)[O-])cc3c(c21)OCO3. The van der Waals surface area contributed by atoms with Crippen LogP contribution in [0.15, 0.2) is 24.3 Å². The zero-order valence-electron chi connectivity index (χ0n) is 12.2. The largest absolute Gasteiger partial charge is 0.453 e. The smallest absolute Gasteiger partial charge is 0.282 e. The fourth-order valence-electron chi connectivity index (χ4n) is 3.02. The van der Waals surface area contributed by atoms with Crippen LogP contribution in [0.1, 0.15) is 21.5 Å². The third-order valence-corrected chi connectivity index (χ3v) is 4.37. The van der Waals surface area contributed by atoms with E-state index in [9.17, 15) is 24.4 Å². The molecule has 128 valence electrons. The van der Waals surface area contributed by atoms with Crippen molar-refractivity contribution in [1.82, 2.24) is 5.32 Å². The molecule has 4 rings (SSSR count). The van der Waals surface area contributed by atoms with Crippen LogP contribution < -0.4 is 14.8 Å². The van der Waals surface area contributed by atoms with E-state index in [1.807, 2.05) is 0 Å². The number of fused-ring (bicyclic) bond motifs is 3. The predicted octanol–water partition coefficient (Wildman–Crippen LogP) is 2.05. The van der Waals surface area contributed by atoms with Gasteiger partial charge in [0, 0.05) is 10.6 Å². The summed E-state index contributed by atoms with van der Waals surface area (Å²) in [7, 11) is 0. The second kappa shape index (κ2) is 5.04. The van der Waals surface area contributed by atoms with Gasteiger partial charge in [-0.3, -0.25) is 14.9 Å². The van der Waals surface area contributed by atoms with Crippen LogP contribution in [0.5, 0.6) is 11.5 Å². The van der Waals surface area contributed by atoms with Crippen LogP contribution in [0.4, 0.5) is 10.1 Å². The van der Waals surface area contributed by atoms with Gasteiger partial charge in [0.15, 0.2) is 11.5 Å². The number of rotatable bonds is 2. The summed E-state index contributed by atoms with van der Waals surface area (Å²) >= 11 is 6.03. The number of nitrogens with one attached hydrogen (secondary N) is 1. The number of nitrogens with zero attached hydrogens (tertiary/aromatic N) is 1. The van der Waals surface area contributed by atoms with Crippen molar-refractivity contribution in [3.05, 3.63) is 61.9 Å². The molecule has 1 atom stereocenters. The van der Waals surface area contributed by atoms with E-state index in [1.165, 1.54) is 6.07 Å². The Labute approximate surface area is 143 Å². The topological polar surface area (TPSA) is 111 Å². The Morgan fingerprint density at radius 2 is 2.12 bits per heavy atom. The van der Waals surface area contributed by atoms with Gasteiger partial charge in [-0.2, -0.15) is 0 Å². The Kier molecular flexibility index (Phi) is 3.15. The van der Waals surface area contributed by atoms with Crippen molar-refractivity contribution in [2.45, 2.75) is 5.72 Å². The van der Waals surface area contributed by atoms with Gasteiger partial charge in [-0.05, 0) is 18.2 Å². The highest BCUT2D eigenvalue weighted by atomic mass is 35.5. The normalized spacial score (nSPS) is 20.4. The molecule has 25 heavy (non-hydrogen) atoms. The maximum Gasteiger partial charge on any atom is 0.282 e. The van der Waals surface area contributed by atoms with Crippen molar-refractivity contribution in [1.29, 1.82) is 0 Å². The molecule has 1 amide bonds. The van der Waals surface area contributed by atoms with E-state index >= 15 is 0 Å². The van der Waals surface area contributed by atoms with Crippen molar-refractivity contribution in [3.8, 4) is 11.5 Å². The number of carbonyl (C=O) groups excluding carboxylic acids is 1. The molecular formula is C15H8ClFN2O6. The minimum Gasteiger partial charge on any atom is -0.453 e. The highest BCUT2D eigenvalue weighted by Gasteiger charge is 2.52. The minimum atomic E-state index is -2.39. The quantitative estimate of drug-likeness (QED) is 0.621. The molecule has 0 radical (unpaired) electrons. The molecule has 0 saturated carbocycles. The fraction of sp³-hybridized carbons (Fsp3) is 0.133. The highest BCUT2D eigenvalue weighted by Crippen LogP contribution is 2.50. The summed E-state index contributed by atoms with van der Waals surface area (Å²) in [5.41, 5.74) is -3.83. The van der Waals surface area contributed by atoms with E-state index in [0.29, 0.717) is 0 Å². The molecule has 2 aliphatic heterocycles. The van der Waals surface area contributed by atoms with Crippen molar-refractivity contribution < 1.29 is 28.7 Å². The van der Waals surface area contributed by atoms with Gasteiger partial charge in [-0.25, -0.2) is 4.39 Å². The first kappa shape index (κ1) is 15.6. The standard InChI is InChI=1S/C15H8ClFN2O6/c16-8-2-1-6(17)3-7(8)15(21)12-9(19(22)23)4-10-13(25-5-24-10)11(12)14(20)18-15/h1-4,21H,5H2,(H,18,20). The zero-order valence-corrected chi connectivity index (χ0v) is 13.0. The fourth-order valence-corrected chi connectivity index (χ4v) is 3.28. The van der Waals surface area contributed by atoms with E-state index in [0.717, 1.165) is 18.2 Å². The van der Waals surface area contributed by atoms with Gasteiger partial charge in [0.25, 0.3) is 11.6 Å². The van der Waals surface area contributed by atoms with Crippen LogP contribution in [0.25, 0.3) is 0 Å². The van der Waals surface area contributed by atoms with E-state index in [2.05, 4.69) is 5.32 Å². The predicted molar refractivity (Wildman–Crippen MR) is 81.1 cm³/mol. The summed E-state index contributed by atoms with van der Waals surface area (Å²) < 4.78 is 24.0. The molecule has 2 N–H and O–H groups in total. The van der Waals surface area contributed by atoms with Gasteiger partial charge in [0.2, 0.25) is 12.5 Å². The molecule has 2 aromatic carbocycles. The lowest BCUT2D eigenvalue weighted by atomic mass is 9.92. The highest BCUT2D eigenvalue weighted by molar-refractivity contribution is 6.31. The number of ether oxygens (including phenoxy) is 2. The van der Waals surface area contributed by atoms with Crippen LogP contribution in [0.3, 0.4) is 0 Å². The summed E-state index contributed by atoms with van der Waals surface area (Å²) in [6.45, 7) is -0.227. The third-order valence-electron chi connectivity index (χ3n) is 4.04. The molecule has 0 bridgehead atoms. The summed E-state index contributed by atoms with van der Waals surface area (Å²) in [6.07, 6.45) is 0. The molecule has 0 saturated heterocycles. The lowest BCUT2D eigenvalue weighted by Gasteiger charge is -2.25. The van der Waals surface area contributed by atoms with Crippen LogP contribution in [0.2, 0.25) is 5.02 Å². The second-order valence-corrected chi connectivity index (χ2v) is 5.83. The minimum absolute atomic E-state index is 0.00943. The molecule has 2 heterocycles. The van der Waals surface area contributed by atoms with E-state index in [1.54, 1.807) is 0 Å². The number of aliphatic hydroxyl groups is 1. The van der Waals surface area contributed by atoms with Gasteiger partial charge in [0.1, 0.15) is 16.9 Å². The van der Waals surface area contributed by atoms with Gasteiger partial charge in [-0.1, -0.05) is 11.6 Å². The Morgan fingerprint density at radius 3 is 2.84 bits per heavy atom.